The fourth-order valence-corrected chi connectivity index (χ4v) is 4.93. The van der Waals surface area contributed by atoms with Gasteiger partial charge in [0.1, 0.15) is 0 Å². The van der Waals surface area contributed by atoms with Crippen molar-refractivity contribution in [1.29, 1.82) is 0 Å². The van der Waals surface area contributed by atoms with Crippen LogP contribution in [0.2, 0.25) is 0 Å². The molecule has 0 aromatic carbocycles. The summed E-state index contributed by atoms with van der Waals surface area (Å²) >= 11 is 0. The number of hydrogen-bond acceptors (Lipinski definition) is 4. The van der Waals surface area contributed by atoms with Crippen LogP contribution >= 0.6 is 0 Å². The van der Waals surface area contributed by atoms with Crippen LogP contribution in [0.5, 0.6) is 0 Å². The maximum absolute atomic E-state index is 11.4. The van der Waals surface area contributed by atoms with Gasteiger partial charge in [-0.2, -0.15) is 0 Å². The molecular formula is C26H48O4. The van der Waals surface area contributed by atoms with E-state index in [0.717, 1.165) is 38.5 Å². The van der Waals surface area contributed by atoms with E-state index < -0.39 is 5.79 Å². The molecule has 1 saturated carbocycles. The molecule has 30 heavy (non-hydrogen) atoms. The van der Waals surface area contributed by atoms with Crippen LogP contribution in [0.1, 0.15) is 118 Å². The Bertz CT molecular complexity index is 497. The molecule has 2 N–H and O–H groups in total. The van der Waals surface area contributed by atoms with Gasteiger partial charge in [-0.15, -0.1) is 0 Å². The number of rotatable bonds is 16. The van der Waals surface area contributed by atoms with Crippen LogP contribution in [0, 0.1) is 17.8 Å². The van der Waals surface area contributed by atoms with Crippen molar-refractivity contribution in [3.8, 4) is 0 Å². The summed E-state index contributed by atoms with van der Waals surface area (Å²) in [5, 5.41) is 21.2. The third kappa shape index (κ3) is 9.96. The van der Waals surface area contributed by atoms with Gasteiger partial charge in [0.05, 0.1) is 6.61 Å². The Morgan fingerprint density at radius 2 is 1.90 bits per heavy atom. The van der Waals surface area contributed by atoms with E-state index in [-0.39, 0.29) is 11.9 Å². The molecule has 0 aromatic heterocycles. The summed E-state index contributed by atoms with van der Waals surface area (Å²) in [7, 11) is 0. The molecule has 0 saturated heterocycles. The van der Waals surface area contributed by atoms with Gasteiger partial charge >= 0.3 is 5.97 Å². The van der Waals surface area contributed by atoms with Crippen molar-refractivity contribution in [2.75, 3.05) is 6.61 Å². The van der Waals surface area contributed by atoms with Crippen molar-refractivity contribution in [3.63, 3.8) is 0 Å². The van der Waals surface area contributed by atoms with Crippen LogP contribution < -0.4 is 0 Å². The zero-order valence-corrected chi connectivity index (χ0v) is 20.1. The van der Waals surface area contributed by atoms with Crippen molar-refractivity contribution < 1.29 is 19.7 Å². The van der Waals surface area contributed by atoms with Gasteiger partial charge in [0.2, 0.25) is 0 Å². The number of carbonyl (C=O) groups is 1. The number of aliphatic hydroxyl groups is 2. The van der Waals surface area contributed by atoms with Crippen LogP contribution in [-0.4, -0.2) is 28.6 Å². The first-order valence-electron chi connectivity index (χ1n) is 12.6. The average molecular weight is 425 g/mol. The molecule has 176 valence electrons. The lowest BCUT2D eigenvalue weighted by molar-refractivity contribution is -0.212. The van der Waals surface area contributed by atoms with Crippen LogP contribution in [-0.2, 0) is 9.53 Å². The van der Waals surface area contributed by atoms with Gasteiger partial charge in [-0.25, -0.2) is 0 Å². The topological polar surface area (TPSA) is 66.8 Å². The summed E-state index contributed by atoms with van der Waals surface area (Å²) in [6.07, 6.45) is 16.7. The Labute approximate surface area is 185 Å². The second-order valence-corrected chi connectivity index (χ2v) is 9.32. The Morgan fingerprint density at radius 1 is 1.17 bits per heavy atom. The van der Waals surface area contributed by atoms with Crippen LogP contribution in [0.3, 0.4) is 0 Å². The number of unbranched alkanes of at least 4 members (excludes halogenated alkanes) is 4. The van der Waals surface area contributed by atoms with E-state index >= 15 is 0 Å². The fourth-order valence-electron chi connectivity index (χ4n) is 4.93. The number of esters is 1. The average Bonchev–Trinajstić information content (AvgIpc) is 3.16. The molecule has 2 unspecified atom stereocenters. The van der Waals surface area contributed by atoms with Gasteiger partial charge in [-0.05, 0) is 63.7 Å². The standard InChI is InChI=1S/C26H48O4/c1-5-8-14-21(4)24(26(28,29)6-2)20-19-23-17-13-16-22(23)15-11-9-10-12-18-25(27)30-7-3/h19,21-22,24,28-29H,5-18,20H2,1-4H3/t21?,22-,24?/m0/s1. The summed E-state index contributed by atoms with van der Waals surface area (Å²) in [4.78, 5) is 11.4. The van der Waals surface area contributed by atoms with Crippen molar-refractivity contribution >= 4 is 5.97 Å². The van der Waals surface area contributed by atoms with E-state index in [4.69, 9.17) is 4.74 Å². The van der Waals surface area contributed by atoms with Crippen LogP contribution in [0.4, 0.5) is 0 Å². The highest BCUT2D eigenvalue weighted by molar-refractivity contribution is 5.69. The zero-order chi connectivity index (χ0) is 22.4. The predicted octanol–water partition coefficient (Wildman–Crippen LogP) is 6.54. The summed E-state index contributed by atoms with van der Waals surface area (Å²) in [5.41, 5.74) is 1.54. The first-order valence-corrected chi connectivity index (χ1v) is 12.6. The largest absolute Gasteiger partial charge is 0.466 e. The lowest BCUT2D eigenvalue weighted by atomic mass is 9.79. The van der Waals surface area contributed by atoms with Gasteiger partial charge in [0.25, 0.3) is 0 Å². The minimum Gasteiger partial charge on any atom is -0.466 e. The van der Waals surface area contributed by atoms with Crippen molar-refractivity contribution in [2.24, 2.45) is 17.8 Å². The minimum atomic E-state index is -1.57. The molecule has 0 radical (unpaired) electrons. The third-order valence-electron chi connectivity index (χ3n) is 6.98. The van der Waals surface area contributed by atoms with E-state index in [1.165, 1.54) is 38.5 Å². The summed E-state index contributed by atoms with van der Waals surface area (Å²) in [6.45, 7) is 8.56. The molecule has 1 aliphatic carbocycles. The molecule has 1 rings (SSSR count). The van der Waals surface area contributed by atoms with E-state index in [9.17, 15) is 15.0 Å². The van der Waals surface area contributed by atoms with Gasteiger partial charge in [-0.1, -0.05) is 70.9 Å². The summed E-state index contributed by atoms with van der Waals surface area (Å²) in [6, 6.07) is 0. The first kappa shape index (κ1) is 27.2. The normalized spacial score (nSPS) is 20.5. The Hall–Kier alpha value is -0.870. The van der Waals surface area contributed by atoms with Gasteiger partial charge in [-0.3, -0.25) is 4.79 Å². The molecule has 0 heterocycles. The predicted molar refractivity (Wildman–Crippen MR) is 124 cm³/mol. The van der Waals surface area contributed by atoms with Crippen molar-refractivity contribution in [2.45, 2.75) is 123 Å². The second-order valence-electron chi connectivity index (χ2n) is 9.32. The highest BCUT2D eigenvalue weighted by Gasteiger charge is 2.35. The molecule has 1 fully saturated rings. The summed E-state index contributed by atoms with van der Waals surface area (Å²) < 4.78 is 4.98. The molecule has 0 aliphatic heterocycles. The molecule has 0 aromatic rings. The Morgan fingerprint density at radius 3 is 2.57 bits per heavy atom. The van der Waals surface area contributed by atoms with Gasteiger partial charge in [0, 0.05) is 12.3 Å². The molecule has 3 atom stereocenters. The highest BCUT2D eigenvalue weighted by Crippen LogP contribution is 2.38. The molecule has 1 aliphatic rings. The highest BCUT2D eigenvalue weighted by atomic mass is 16.5. The maximum Gasteiger partial charge on any atom is 0.305 e. The van der Waals surface area contributed by atoms with Crippen molar-refractivity contribution in [3.05, 3.63) is 11.6 Å². The van der Waals surface area contributed by atoms with E-state index in [0.29, 0.717) is 31.3 Å². The van der Waals surface area contributed by atoms with Crippen LogP contribution in [0.15, 0.2) is 11.6 Å². The second kappa shape index (κ2) is 15.0. The Balaban J connectivity index is 2.48. The number of ether oxygens (including phenoxy) is 1. The lowest BCUT2D eigenvalue weighted by Crippen LogP contribution is -2.40. The van der Waals surface area contributed by atoms with Crippen LogP contribution in [0.25, 0.3) is 0 Å². The minimum absolute atomic E-state index is 0.0721. The molecule has 4 heteroatoms. The molecule has 0 amide bonds. The lowest BCUT2D eigenvalue weighted by Gasteiger charge is -2.34. The third-order valence-corrected chi connectivity index (χ3v) is 6.98. The molecule has 0 bridgehead atoms. The van der Waals surface area contributed by atoms with Gasteiger partial charge in [0.15, 0.2) is 5.79 Å². The first-order chi connectivity index (χ1) is 14.4. The van der Waals surface area contributed by atoms with Gasteiger partial charge < -0.3 is 14.9 Å². The molecular weight excluding hydrogens is 376 g/mol. The summed E-state index contributed by atoms with van der Waals surface area (Å²) in [5.74, 6) is -0.758. The monoisotopic (exact) mass is 424 g/mol. The quantitative estimate of drug-likeness (QED) is 0.128. The van der Waals surface area contributed by atoms with E-state index in [2.05, 4.69) is 19.9 Å². The number of hydrogen-bond donors (Lipinski definition) is 2. The molecule has 4 nitrogen and oxygen atoms in total. The number of allylic oxidation sites excluding steroid dienone is 2. The van der Waals surface area contributed by atoms with E-state index in [1.807, 2.05) is 13.8 Å². The SMILES string of the molecule is CCCCC(C)C(CC=C1CCC[C@@H]1CCCCCCC(=O)OCC)C(O)(O)CC. The maximum atomic E-state index is 11.4. The smallest absolute Gasteiger partial charge is 0.305 e. The number of carbonyl (C=O) groups excluding carboxylic acids is 1. The van der Waals surface area contributed by atoms with Crippen molar-refractivity contribution in [1.82, 2.24) is 0 Å². The fraction of sp³-hybridized carbons (Fsp3) is 0.885. The Kier molecular flexibility index (Phi) is 13.6. The zero-order valence-electron chi connectivity index (χ0n) is 20.1. The van der Waals surface area contributed by atoms with E-state index in [1.54, 1.807) is 5.57 Å². The molecule has 0 spiro atoms.